The molecule has 0 heterocycles. The first-order chi connectivity index (χ1) is 3.12. The molecule has 0 aliphatic rings. The third kappa shape index (κ3) is 2.83. The van der Waals surface area contributed by atoms with Gasteiger partial charge in [-0.2, -0.15) is 0 Å². The molecule has 0 spiro atoms. The van der Waals surface area contributed by atoms with Gasteiger partial charge in [0.15, 0.2) is 0 Å². The molecule has 0 aliphatic carbocycles. The summed E-state index contributed by atoms with van der Waals surface area (Å²) in [4.78, 5) is 0. The minimum Gasteiger partial charge on any atom is -0.0925 e. The Hall–Kier alpha value is 0.180. The molecule has 2 heteroatoms. The van der Waals surface area contributed by atoms with E-state index in [2.05, 4.69) is 29.8 Å². The smallest absolute Gasteiger partial charge is 0.0403 e. The second kappa shape index (κ2) is 2.48. The standard InChI is InChI=1S/C5H7S2/c1-5(2,3-6)4-7/h3H,1-2H3. The summed E-state index contributed by atoms with van der Waals surface area (Å²) < 4.78 is 0. The third-order valence-electron chi connectivity index (χ3n) is 0.558. The molecular formula is C5H7S2. The maximum Gasteiger partial charge on any atom is 0.0403 e. The van der Waals surface area contributed by atoms with Crippen LogP contribution in [0.5, 0.6) is 0 Å². The Morgan fingerprint density at radius 3 is 2.00 bits per heavy atom. The number of hydrogen-bond acceptors (Lipinski definition) is 2. The molecule has 0 fully saturated rings. The van der Waals surface area contributed by atoms with Gasteiger partial charge in [0, 0.05) is 10.8 Å². The van der Waals surface area contributed by atoms with Crippen molar-refractivity contribution in [2.45, 2.75) is 13.8 Å². The van der Waals surface area contributed by atoms with Gasteiger partial charge in [-0.05, 0) is 5.37 Å². The van der Waals surface area contributed by atoms with Crippen molar-refractivity contribution in [1.82, 2.24) is 0 Å². The Morgan fingerprint density at radius 2 is 2.00 bits per heavy atom. The summed E-state index contributed by atoms with van der Waals surface area (Å²) in [5.41, 5.74) is -0.162. The Kier molecular flexibility index (Phi) is 2.54. The Balaban J connectivity index is 3.82. The summed E-state index contributed by atoms with van der Waals surface area (Å²) in [6.45, 7) is 3.85. The van der Waals surface area contributed by atoms with Crippen molar-refractivity contribution in [2.24, 2.45) is 5.41 Å². The van der Waals surface area contributed by atoms with Gasteiger partial charge in [0.2, 0.25) is 0 Å². The van der Waals surface area contributed by atoms with Gasteiger partial charge in [-0.3, -0.25) is 0 Å². The maximum absolute atomic E-state index is 4.63. The van der Waals surface area contributed by atoms with E-state index in [-0.39, 0.29) is 5.41 Å². The molecule has 0 atom stereocenters. The predicted octanol–water partition coefficient (Wildman–Crippen LogP) is 1.89. The first-order valence-electron chi connectivity index (χ1n) is 1.98. The lowest BCUT2D eigenvalue weighted by Crippen LogP contribution is -2.10. The highest BCUT2D eigenvalue weighted by Crippen LogP contribution is 2.06. The summed E-state index contributed by atoms with van der Waals surface area (Å²) in [6.07, 6.45) is 0. The minimum atomic E-state index is -0.162. The fourth-order valence-electron chi connectivity index (χ4n) is 0.0241. The zero-order chi connectivity index (χ0) is 5.91. The predicted molar refractivity (Wildman–Crippen MR) is 40.0 cm³/mol. The number of rotatable bonds is 2. The maximum atomic E-state index is 4.63. The van der Waals surface area contributed by atoms with E-state index in [1.165, 1.54) is 0 Å². The van der Waals surface area contributed by atoms with Gasteiger partial charge in [0.1, 0.15) is 0 Å². The third-order valence-corrected chi connectivity index (χ3v) is 1.67. The molecule has 7 heavy (non-hydrogen) atoms. The molecule has 0 amide bonds. The van der Waals surface area contributed by atoms with E-state index in [4.69, 9.17) is 0 Å². The van der Waals surface area contributed by atoms with E-state index in [1.54, 1.807) is 5.37 Å². The first-order valence-corrected chi connectivity index (χ1v) is 2.86. The van der Waals surface area contributed by atoms with Crippen molar-refractivity contribution in [3.05, 3.63) is 0 Å². The van der Waals surface area contributed by atoms with E-state index < -0.39 is 0 Å². The normalized spacial score (nSPS) is 10.6. The summed E-state index contributed by atoms with van der Waals surface area (Å²) in [5, 5.41) is 4.23. The quantitative estimate of drug-likeness (QED) is 0.525. The zero-order valence-electron chi connectivity index (χ0n) is 4.39. The van der Waals surface area contributed by atoms with E-state index in [0.29, 0.717) is 0 Å². The van der Waals surface area contributed by atoms with Crippen LogP contribution in [-0.2, 0) is 0 Å². The van der Waals surface area contributed by atoms with Gasteiger partial charge in [-0.25, -0.2) is 0 Å². The molecule has 0 unspecified atom stereocenters. The topological polar surface area (TPSA) is 0 Å². The van der Waals surface area contributed by atoms with Crippen LogP contribution < -0.4 is 0 Å². The van der Waals surface area contributed by atoms with Crippen LogP contribution in [0.2, 0.25) is 0 Å². The Morgan fingerprint density at radius 1 is 1.57 bits per heavy atom. The summed E-state index contributed by atoms with van der Waals surface area (Å²) in [6, 6.07) is 0. The fraction of sp³-hybridized carbons (Fsp3) is 0.600. The summed E-state index contributed by atoms with van der Waals surface area (Å²) >= 11 is 9.17. The second-order valence-corrected chi connectivity index (χ2v) is 2.38. The van der Waals surface area contributed by atoms with Crippen molar-refractivity contribution in [1.29, 1.82) is 0 Å². The lowest BCUT2D eigenvalue weighted by molar-refractivity contribution is 0.787. The van der Waals surface area contributed by atoms with Crippen LogP contribution in [0.25, 0.3) is 0 Å². The highest BCUT2D eigenvalue weighted by molar-refractivity contribution is 7.80. The zero-order valence-corrected chi connectivity index (χ0v) is 6.03. The van der Waals surface area contributed by atoms with E-state index >= 15 is 0 Å². The van der Waals surface area contributed by atoms with Crippen LogP contribution in [0, 0.1) is 5.41 Å². The molecule has 0 N–H and O–H groups in total. The van der Waals surface area contributed by atoms with E-state index in [9.17, 15) is 0 Å². The Bertz CT molecular complexity index is 74.1. The van der Waals surface area contributed by atoms with Gasteiger partial charge < -0.3 is 0 Å². The minimum absolute atomic E-state index is 0.162. The highest BCUT2D eigenvalue weighted by Gasteiger charge is 2.07. The van der Waals surface area contributed by atoms with Gasteiger partial charge >= 0.3 is 0 Å². The van der Waals surface area contributed by atoms with Crippen LogP contribution in [0.1, 0.15) is 13.8 Å². The average molecular weight is 131 g/mol. The van der Waals surface area contributed by atoms with Gasteiger partial charge in [-0.1, -0.05) is 38.3 Å². The first kappa shape index (κ1) is 7.18. The molecule has 0 aromatic heterocycles. The molecule has 0 bridgehead atoms. The molecule has 0 aromatic rings. The van der Waals surface area contributed by atoms with Gasteiger partial charge in [0.25, 0.3) is 0 Å². The molecule has 0 nitrogen and oxygen atoms in total. The lowest BCUT2D eigenvalue weighted by Gasteiger charge is -2.06. The van der Waals surface area contributed by atoms with Crippen molar-refractivity contribution < 1.29 is 0 Å². The van der Waals surface area contributed by atoms with Crippen molar-refractivity contribution in [3.8, 4) is 0 Å². The molecule has 39 valence electrons. The molecule has 0 saturated carbocycles. The summed E-state index contributed by atoms with van der Waals surface area (Å²) in [5.74, 6) is 0. The molecule has 0 aromatic carbocycles. The lowest BCUT2D eigenvalue weighted by atomic mass is 10.0. The summed E-state index contributed by atoms with van der Waals surface area (Å²) in [7, 11) is 0. The number of hydrogen-bond donors (Lipinski definition) is 0. The molecular weight excluding hydrogens is 124 g/mol. The van der Waals surface area contributed by atoms with E-state index in [1.807, 2.05) is 13.8 Å². The number of thiocarbonyl (C=S) groups is 2. The van der Waals surface area contributed by atoms with E-state index in [0.717, 1.165) is 0 Å². The van der Waals surface area contributed by atoms with Crippen LogP contribution in [0.3, 0.4) is 0 Å². The van der Waals surface area contributed by atoms with Crippen molar-refractivity contribution in [2.75, 3.05) is 0 Å². The molecule has 0 aliphatic heterocycles. The largest absolute Gasteiger partial charge is 0.0925 e. The van der Waals surface area contributed by atoms with Crippen molar-refractivity contribution >= 4 is 35.2 Å². The SMILES string of the molecule is CC(C)([C]=S)C=S. The molecule has 1 radical (unpaired) electrons. The Labute approximate surface area is 54.9 Å². The molecule has 0 saturated heterocycles. The van der Waals surface area contributed by atoms with Crippen LogP contribution in [0.4, 0.5) is 0 Å². The van der Waals surface area contributed by atoms with Crippen LogP contribution in [0.15, 0.2) is 0 Å². The van der Waals surface area contributed by atoms with Crippen molar-refractivity contribution in [3.63, 3.8) is 0 Å². The molecule has 0 rings (SSSR count). The van der Waals surface area contributed by atoms with Crippen LogP contribution >= 0.6 is 24.4 Å². The average Bonchev–Trinajstić information content (AvgIpc) is 1.68. The monoisotopic (exact) mass is 131 g/mol. The van der Waals surface area contributed by atoms with Crippen LogP contribution in [-0.4, -0.2) is 10.7 Å². The fourth-order valence-corrected chi connectivity index (χ4v) is 0.217. The van der Waals surface area contributed by atoms with Gasteiger partial charge in [0.05, 0.1) is 0 Å². The second-order valence-electron chi connectivity index (χ2n) is 1.94. The highest BCUT2D eigenvalue weighted by atomic mass is 32.1. The van der Waals surface area contributed by atoms with Gasteiger partial charge in [-0.15, -0.1) is 0 Å².